The third-order valence-electron chi connectivity index (χ3n) is 17.1. The van der Waals surface area contributed by atoms with Crippen molar-refractivity contribution >= 4 is 45.0 Å². The minimum Gasteiger partial charge on any atom is -0.494 e. The zero-order valence-electron chi connectivity index (χ0n) is 49.9. The second-order valence-corrected chi connectivity index (χ2v) is 26.9. The summed E-state index contributed by atoms with van der Waals surface area (Å²) in [6.07, 6.45) is 23.5. The molecule has 5 aromatic heterocycles. The molecule has 0 saturated carbocycles. The molecule has 10 aromatic rings. The van der Waals surface area contributed by atoms with Crippen LogP contribution in [0.1, 0.15) is 163 Å². The molecule has 0 aliphatic heterocycles. The van der Waals surface area contributed by atoms with Crippen LogP contribution in [0.4, 0.5) is 8.78 Å². The van der Waals surface area contributed by atoms with Gasteiger partial charge in [0.05, 0.1) is 39.7 Å². The number of hydrogen-bond acceptors (Lipinski definition) is 7. The van der Waals surface area contributed by atoms with Gasteiger partial charge in [-0.3, -0.25) is 4.98 Å². The van der Waals surface area contributed by atoms with E-state index in [2.05, 4.69) is 114 Å². The monoisotopic (exact) mass is 1170 g/mol. The van der Waals surface area contributed by atoms with Crippen LogP contribution in [0.3, 0.4) is 0 Å². The van der Waals surface area contributed by atoms with Crippen LogP contribution in [0.15, 0.2) is 140 Å². The van der Waals surface area contributed by atoms with Gasteiger partial charge in [-0.05, 0) is 141 Å². The van der Waals surface area contributed by atoms with Crippen molar-refractivity contribution in [1.82, 2.24) is 15.0 Å². The number of unbranched alkanes of at least 4 members (excludes halogenated alkanes) is 13. The van der Waals surface area contributed by atoms with Gasteiger partial charge in [0.25, 0.3) is 0 Å². The SMILES string of the molecule is CCCCCCCCC1(CCCCCCCC)c2cc(C)ccc2-c2ccc(-c3ccc(-c4c(F)c(F)c(-c5ccc(-c6ccc(-c7ccc(C)s7)nc6)s5)c5nc(-c6cccc(OCCCCCC)c6)c(-c6cccc(C)c6)nc45)s3)cc21. The highest BCUT2D eigenvalue weighted by atomic mass is 32.1. The highest BCUT2D eigenvalue weighted by Gasteiger charge is 2.42. The Labute approximate surface area is 509 Å². The molecule has 0 spiro atoms. The van der Waals surface area contributed by atoms with E-state index in [4.69, 9.17) is 19.7 Å². The lowest BCUT2D eigenvalue weighted by molar-refractivity contribution is 0.305. The van der Waals surface area contributed by atoms with Gasteiger partial charge in [-0.2, -0.15) is 0 Å². The number of benzene rings is 5. The van der Waals surface area contributed by atoms with Gasteiger partial charge in [-0.15, -0.1) is 34.0 Å². The molecule has 5 heterocycles. The Morgan fingerprint density at radius 3 is 1.56 bits per heavy atom. The molecule has 0 radical (unpaired) electrons. The topological polar surface area (TPSA) is 47.9 Å². The van der Waals surface area contributed by atoms with Gasteiger partial charge in [-0.25, -0.2) is 18.7 Å². The summed E-state index contributed by atoms with van der Waals surface area (Å²) < 4.78 is 42.3. The first-order chi connectivity index (χ1) is 41.1. The number of nitrogens with zero attached hydrogens (tertiary/aromatic N) is 3. The molecule has 0 bridgehead atoms. The molecule has 5 aromatic carbocycles. The molecular formula is C75H79F2N3OS3. The second kappa shape index (κ2) is 27.2. The Balaban J connectivity index is 1.05. The van der Waals surface area contributed by atoms with Gasteiger partial charge in [0.15, 0.2) is 11.6 Å². The Morgan fingerprint density at radius 1 is 0.440 bits per heavy atom. The summed E-state index contributed by atoms with van der Waals surface area (Å²) in [5.74, 6) is -1.16. The first kappa shape index (κ1) is 59.1. The molecule has 0 fully saturated rings. The largest absolute Gasteiger partial charge is 0.494 e. The minimum absolute atomic E-state index is 0.0892. The lowest BCUT2D eigenvalue weighted by Crippen LogP contribution is -2.25. The summed E-state index contributed by atoms with van der Waals surface area (Å²) in [6, 6.07) is 46.5. The lowest BCUT2D eigenvalue weighted by atomic mass is 9.70. The molecular weight excluding hydrogens is 1090 g/mol. The average Bonchev–Trinajstić information content (AvgIpc) is 3.10. The first-order valence-corrected chi connectivity index (χ1v) is 33.5. The number of aromatic nitrogens is 3. The molecule has 0 unspecified atom stereocenters. The summed E-state index contributed by atoms with van der Waals surface area (Å²) >= 11 is 4.60. The number of thiophene rings is 3. The van der Waals surface area contributed by atoms with Crippen LogP contribution in [0.5, 0.6) is 5.75 Å². The number of rotatable bonds is 27. The number of fused-ring (bicyclic) bond motifs is 4. The van der Waals surface area contributed by atoms with Gasteiger partial charge in [0, 0.05) is 52.7 Å². The quantitative estimate of drug-likeness (QED) is 0.0482. The van der Waals surface area contributed by atoms with Crippen LogP contribution in [0, 0.1) is 32.4 Å². The average molecular weight is 1170 g/mol. The predicted octanol–water partition coefficient (Wildman–Crippen LogP) is 23.8. The van der Waals surface area contributed by atoms with Crippen LogP contribution >= 0.6 is 34.0 Å². The zero-order chi connectivity index (χ0) is 58.2. The van der Waals surface area contributed by atoms with Crippen LogP contribution < -0.4 is 4.74 Å². The Hall–Kier alpha value is -6.65. The summed E-state index contributed by atoms with van der Waals surface area (Å²) in [4.78, 5) is 21.2. The summed E-state index contributed by atoms with van der Waals surface area (Å²) in [6.45, 7) is 13.8. The Bertz CT molecular complexity index is 3870. The fourth-order valence-electron chi connectivity index (χ4n) is 12.7. The number of pyridine rings is 1. The molecule has 1 aliphatic rings. The highest BCUT2D eigenvalue weighted by Crippen LogP contribution is 2.56. The van der Waals surface area contributed by atoms with E-state index in [9.17, 15) is 0 Å². The fraction of sp³-hybridized carbons (Fsp3) is 0.347. The third-order valence-corrected chi connectivity index (χ3v) is 20.5. The molecule has 1 aliphatic carbocycles. The van der Waals surface area contributed by atoms with Crippen molar-refractivity contribution in [2.75, 3.05) is 6.61 Å². The van der Waals surface area contributed by atoms with E-state index in [0.717, 1.165) is 92.4 Å². The van der Waals surface area contributed by atoms with E-state index in [0.29, 0.717) is 38.8 Å². The van der Waals surface area contributed by atoms with Crippen molar-refractivity contribution in [3.05, 3.63) is 178 Å². The van der Waals surface area contributed by atoms with E-state index in [1.165, 1.54) is 132 Å². The van der Waals surface area contributed by atoms with Crippen molar-refractivity contribution < 1.29 is 13.5 Å². The maximum absolute atomic E-state index is 18.0. The van der Waals surface area contributed by atoms with Crippen molar-refractivity contribution in [1.29, 1.82) is 0 Å². The van der Waals surface area contributed by atoms with E-state index < -0.39 is 11.6 Å². The van der Waals surface area contributed by atoms with E-state index in [1.807, 2.05) is 66.9 Å². The van der Waals surface area contributed by atoms with Crippen molar-refractivity contribution in [3.8, 4) is 91.7 Å². The van der Waals surface area contributed by atoms with Crippen LogP contribution in [0.2, 0.25) is 0 Å². The molecule has 0 atom stereocenters. The molecule has 0 amide bonds. The number of aryl methyl sites for hydroxylation is 3. The van der Waals surface area contributed by atoms with E-state index in [-0.39, 0.29) is 16.5 Å². The van der Waals surface area contributed by atoms with Gasteiger partial charge in [0.2, 0.25) is 0 Å². The standard InChI is InChI=1S/C75H79F2N3OS3/c1-7-10-13-16-18-20-41-75(42-21-19-17-14-11-8-2)59-45-50(5)29-33-57(59)58-34-31-52(47-60(58)75)62-37-39-65(83-62)67-69(76)70(77)68(66-40-38-63(84-66)55-32-35-61(78-48-55)64-36-30-51(6)82-64)74-73(67)79-71(53-26-23-25-49(4)44-53)72(80-74)54-27-24-28-56(46-54)81-43-22-15-12-9-3/h23-40,44-48H,7-22,41-43H2,1-6H3. The second-order valence-electron chi connectivity index (χ2n) is 23.4. The molecule has 0 N–H and O–H groups in total. The van der Waals surface area contributed by atoms with Crippen LogP contribution in [-0.4, -0.2) is 21.6 Å². The zero-order valence-corrected chi connectivity index (χ0v) is 52.4. The number of hydrogen-bond donors (Lipinski definition) is 0. The number of ether oxygens (including phenoxy) is 1. The fourth-order valence-corrected chi connectivity index (χ4v) is 15.6. The summed E-state index contributed by atoms with van der Waals surface area (Å²) in [5, 5.41) is 0. The van der Waals surface area contributed by atoms with Crippen LogP contribution in [-0.2, 0) is 5.41 Å². The van der Waals surface area contributed by atoms with Gasteiger partial charge >= 0.3 is 0 Å². The molecule has 84 heavy (non-hydrogen) atoms. The Morgan fingerprint density at radius 2 is 0.964 bits per heavy atom. The Kier molecular flexibility index (Phi) is 19.1. The van der Waals surface area contributed by atoms with Gasteiger partial charge in [-0.1, -0.05) is 189 Å². The molecule has 432 valence electrons. The predicted molar refractivity (Wildman–Crippen MR) is 355 cm³/mol. The summed E-state index contributed by atoms with van der Waals surface area (Å²) in [5.41, 5.74) is 14.3. The number of halogens is 2. The normalized spacial score (nSPS) is 12.6. The smallest absolute Gasteiger partial charge is 0.170 e. The third kappa shape index (κ3) is 12.7. The summed E-state index contributed by atoms with van der Waals surface area (Å²) in [7, 11) is 0. The molecule has 11 rings (SSSR count). The van der Waals surface area contributed by atoms with Crippen molar-refractivity contribution in [2.45, 2.75) is 163 Å². The van der Waals surface area contributed by atoms with Crippen molar-refractivity contribution in [2.24, 2.45) is 0 Å². The van der Waals surface area contributed by atoms with Gasteiger partial charge < -0.3 is 4.74 Å². The molecule has 4 nitrogen and oxygen atoms in total. The van der Waals surface area contributed by atoms with E-state index >= 15 is 8.78 Å². The van der Waals surface area contributed by atoms with Crippen LogP contribution in [0.25, 0.3) is 97.0 Å². The highest BCUT2D eigenvalue weighted by molar-refractivity contribution is 7.19. The van der Waals surface area contributed by atoms with E-state index in [1.54, 1.807) is 11.3 Å². The lowest BCUT2D eigenvalue weighted by Gasteiger charge is -2.33. The minimum atomic E-state index is -0.949. The molecule has 0 saturated heterocycles. The van der Waals surface area contributed by atoms with Gasteiger partial charge in [0.1, 0.15) is 16.8 Å². The molecule has 9 heteroatoms. The maximum atomic E-state index is 18.0. The first-order valence-electron chi connectivity index (χ1n) is 31.1. The van der Waals surface area contributed by atoms with Crippen molar-refractivity contribution in [3.63, 3.8) is 0 Å². The maximum Gasteiger partial charge on any atom is 0.170 e.